The Bertz CT molecular complexity index is 417. The van der Waals surface area contributed by atoms with Crippen LogP contribution in [0.5, 0.6) is 5.75 Å². The van der Waals surface area contributed by atoms with Gasteiger partial charge in [-0.25, -0.2) is 0 Å². The molecule has 1 aromatic carbocycles. The van der Waals surface area contributed by atoms with Crippen molar-refractivity contribution in [3.8, 4) is 5.75 Å². The zero-order chi connectivity index (χ0) is 11.7. The standard InChI is InChI=1S/C12H14ClNO2/c1-8(13)12(15)14-7-6-9-10(14)4-3-5-11(9)16-2/h3-5,8H,6-7H2,1-2H3/t8-/m1/s1. The lowest BCUT2D eigenvalue weighted by Crippen LogP contribution is -2.34. The SMILES string of the molecule is COc1cccc2c1CCN2C(=O)[C@@H](C)Cl. The van der Waals surface area contributed by atoms with Crippen LogP contribution in [0.2, 0.25) is 0 Å². The largest absolute Gasteiger partial charge is 0.496 e. The third kappa shape index (κ3) is 1.76. The summed E-state index contributed by atoms with van der Waals surface area (Å²) in [5, 5.41) is -0.489. The molecule has 0 fully saturated rings. The predicted molar refractivity (Wildman–Crippen MR) is 64.4 cm³/mol. The van der Waals surface area contributed by atoms with Crippen LogP contribution < -0.4 is 9.64 Å². The Kier molecular flexibility index (Phi) is 3.06. The van der Waals surface area contributed by atoms with Gasteiger partial charge in [0.05, 0.1) is 12.8 Å². The first kappa shape index (κ1) is 11.3. The normalized spacial score (nSPS) is 15.8. The highest BCUT2D eigenvalue weighted by molar-refractivity contribution is 6.32. The summed E-state index contributed by atoms with van der Waals surface area (Å²) in [6.45, 7) is 2.38. The fourth-order valence-electron chi connectivity index (χ4n) is 2.04. The van der Waals surface area contributed by atoms with E-state index in [0.29, 0.717) is 6.54 Å². The number of anilines is 1. The number of fused-ring (bicyclic) bond motifs is 1. The van der Waals surface area contributed by atoms with Crippen molar-refractivity contribution in [3.05, 3.63) is 23.8 Å². The topological polar surface area (TPSA) is 29.5 Å². The van der Waals surface area contributed by atoms with Crippen molar-refractivity contribution in [1.29, 1.82) is 0 Å². The lowest BCUT2D eigenvalue weighted by Gasteiger charge is -2.18. The number of hydrogen-bond donors (Lipinski definition) is 0. The number of amides is 1. The molecule has 0 saturated heterocycles. The van der Waals surface area contributed by atoms with Crippen LogP contribution in [0.1, 0.15) is 12.5 Å². The lowest BCUT2D eigenvalue weighted by molar-refractivity contribution is -0.117. The number of halogens is 1. The minimum Gasteiger partial charge on any atom is -0.496 e. The average molecular weight is 240 g/mol. The molecule has 0 radical (unpaired) electrons. The summed E-state index contributed by atoms with van der Waals surface area (Å²) in [5.41, 5.74) is 2.02. The quantitative estimate of drug-likeness (QED) is 0.741. The van der Waals surface area contributed by atoms with Crippen LogP contribution >= 0.6 is 11.6 Å². The molecule has 0 bridgehead atoms. The molecule has 0 unspecified atom stereocenters. The van der Waals surface area contributed by atoms with E-state index in [1.54, 1.807) is 18.9 Å². The summed E-state index contributed by atoms with van der Waals surface area (Å²) >= 11 is 5.83. The summed E-state index contributed by atoms with van der Waals surface area (Å²) in [4.78, 5) is 13.6. The van der Waals surface area contributed by atoms with Gasteiger partial charge in [-0.2, -0.15) is 0 Å². The second-order valence-corrected chi connectivity index (χ2v) is 4.47. The number of carbonyl (C=O) groups is 1. The van der Waals surface area contributed by atoms with Crippen molar-refractivity contribution in [2.75, 3.05) is 18.6 Å². The van der Waals surface area contributed by atoms with Crippen LogP contribution in [0.3, 0.4) is 0 Å². The second kappa shape index (κ2) is 4.34. The molecule has 0 N–H and O–H groups in total. The van der Waals surface area contributed by atoms with Crippen LogP contribution in [0.4, 0.5) is 5.69 Å². The highest BCUT2D eigenvalue weighted by Crippen LogP contribution is 2.35. The molecular weight excluding hydrogens is 226 g/mol. The number of ether oxygens (including phenoxy) is 1. The Labute approximate surface area is 100.0 Å². The Morgan fingerprint density at radius 3 is 2.94 bits per heavy atom. The summed E-state index contributed by atoms with van der Waals surface area (Å²) in [6, 6.07) is 5.74. The number of hydrogen-bond acceptors (Lipinski definition) is 2. The van der Waals surface area contributed by atoms with Gasteiger partial charge in [-0.15, -0.1) is 11.6 Å². The molecule has 1 heterocycles. The molecule has 1 amide bonds. The summed E-state index contributed by atoms with van der Waals surface area (Å²) in [6.07, 6.45) is 0.828. The molecule has 0 aromatic heterocycles. The number of benzene rings is 1. The first-order chi connectivity index (χ1) is 7.65. The van der Waals surface area contributed by atoms with Gasteiger partial charge in [0.25, 0.3) is 0 Å². The molecule has 1 atom stereocenters. The third-order valence-electron chi connectivity index (χ3n) is 2.81. The van der Waals surface area contributed by atoms with Crippen LogP contribution in [0.15, 0.2) is 18.2 Å². The van der Waals surface area contributed by atoms with Gasteiger partial charge in [0.15, 0.2) is 0 Å². The first-order valence-corrected chi connectivity index (χ1v) is 5.70. The monoisotopic (exact) mass is 239 g/mol. The number of rotatable bonds is 2. The van der Waals surface area contributed by atoms with Gasteiger partial charge in [0.1, 0.15) is 11.1 Å². The minimum absolute atomic E-state index is 0.0475. The second-order valence-electron chi connectivity index (χ2n) is 3.81. The fourth-order valence-corrected chi connectivity index (χ4v) is 2.15. The van der Waals surface area contributed by atoms with E-state index >= 15 is 0 Å². The highest BCUT2D eigenvalue weighted by Gasteiger charge is 2.28. The Morgan fingerprint density at radius 1 is 1.56 bits per heavy atom. The van der Waals surface area contributed by atoms with Gasteiger partial charge < -0.3 is 9.64 Å². The summed E-state index contributed by atoms with van der Waals surface area (Å²) in [5.74, 6) is 0.795. The van der Waals surface area contributed by atoms with E-state index in [9.17, 15) is 4.79 Å². The molecule has 3 nitrogen and oxygen atoms in total. The van der Waals surface area contributed by atoms with E-state index in [4.69, 9.17) is 16.3 Å². The van der Waals surface area contributed by atoms with E-state index in [1.807, 2.05) is 18.2 Å². The fraction of sp³-hybridized carbons (Fsp3) is 0.417. The molecule has 1 aromatic rings. The molecule has 0 saturated carbocycles. The van der Waals surface area contributed by atoms with Crippen LogP contribution in [-0.4, -0.2) is 24.9 Å². The minimum atomic E-state index is -0.489. The maximum atomic E-state index is 11.9. The van der Waals surface area contributed by atoms with Crippen molar-refractivity contribution < 1.29 is 9.53 Å². The van der Waals surface area contributed by atoms with Crippen molar-refractivity contribution in [2.45, 2.75) is 18.7 Å². The Morgan fingerprint density at radius 2 is 2.31 bits per heavy atom. The van der Waals surface area contributed by atoms with Crippen molar-refractivity contribution in [3.63, 3.8) is 0 Å². The Hall–Kier alpha value is -1.22. The van der Waals surface area contributed by atoms with Crippen LogP contribution in [-0.2, 0) is 11.2 Å². The molecule has 0 aliphatic carbocycles. The van der Waals surface area contributed by atoms with Gasteiger partial charge in [0.2, 0.25) is 5.91 Å². The number of alkyl halides is 1. The number of methoxy groups -OCH3 is 1. The van der Waals surface area contributed by atoms with Gasteiger partial charge >= 0.3 is 0 Å². The van der Waals surface area contributed by atoms with Crippen molar-refractivity contribution >= 4 is 23.2 Å². The number of carbonyl (C=O) groups excluding carboxylic acids is 1. The molecule has 16 heavy (non-hydrogen) atoms. The summed E-state index contributed by atoms with van der Waals surface area (Å²) < 4.78 is 5.27. The van der Waals surface area contributed by atoms with E-state index in [0.717, 1.165) is 23.4 Å². The van der Waals surface area contributed by atoms with Gasteiger partial charge in [0, 0.05) is 12.1 Å². The third-order valence-corrected chi connectivity index (χ3v) is 3.00. The lowest BCUT2D eigenvalue weighted by atomic mass is 10.1. The first-order valence-electron chi connectivity index (χ1n) is 5.26. The van der Waals surface area contributed by atoms with E-state index in [-0.39, 0.29) is 5.91 Å². The smallest absolute Gasteiger partial charge is 0.244 e. The molecule has 86 valence electrons. The van der Waals surface area contributed by atoms with Gasteiger partial charge in [-0.3, -0.25) is 4.79 Å². The predicted octanol–water partition coefficient (Wildman–Crippen LogP) is 2.21. The van der Waals surface area contributed by atoms with Crippen LogP contribution in [0.25, 0.3) is 0 Å². The molecular formula is C12H14ClNO2. The molecule has 4 heteroatoms. The molecule has 1 aliphatic rings. The van der Waals surface area contributed by atoms with Crippen molar-refractivity contribution in [2.24, 2.45) is 0 Å². The van der Waals surface area contributed by atoms with E-state index in [1.165, 1.54) is 0 Å². The van der Waals surface area contributed by atoms with E-state index in [2.05, 4.69) is 0 Å². The van der Waals surface area contributed by atoms with Crippen LogP contribution in [0, 0.1) is 0 Å². The molecule has 2 rings (SSSR count). The van der Waals surface area contributed by atoms with Gasteiger partial charge in [-0.1, -0.05) is 6.07 Å². The van der Waals surface area contributed by atoms with E-state index < -0.39 is 5.38 Å². The maximum Gasteiger partial charge on any atom is 0.244 e. The van der Waals surface area contributed by atoms with Crippen molar-refractivity contribution in [1.82, 2.24) is 0 Å². The molecule has 0 spiro atoms. The zero-order valence-electron chi connectivity index (χ0n) is 9.37. The van der Waals surface area contributed by atoms with Gasteiger partial charge in [-0.05, 0) is 25.5 Å². The highest BCUT2D eigenvalue weighted by atomic mass is 35.5. The Balaban J connectivity index is 2.37. The number of nitrogens with zero attached hydrogens (tertiary/aromatic N) is 1. The zero-order valence-corrected chi connectivity index (χ0v) is 10.1. The maximum absolute atomic E-state index is 11.9. The average Bonchev–Trinajstić information content (AvgIpc) is 2.71. The summed E-state index contributed by atoms with van der Waals surface area (Å²) in [7, 11) is 1.64. The molecule has 1 aliphatic heterocycles.